The van der Waals surface area contributed by atoms with Crippen molar-refractivity contribution in [1.29, 1.82) is 0 Å². The number of rotatable bonds is 5. The predicted octanol–water partition coefficient (Wildman–Crippen LogP) is 2.06. The number of hydrogen-bond donors (Lipinski definition) is 3. The maximum Gasteiger partial charge on any atom is 0.336 e. The van der Waals surface area contributed by atoms with Gasteiger partial charge in [-0.1, -0.05) is 17.7 Å². The summed E-state index contributed by atoms with van der Waals surface area (Å²) in [4.78, 5) is 11.0. The normalized spacial score (nSPS) is 14.4. The molecule has 0 saturated heterocycles. The number of aliphatic hydroxyl groups excluding tert-OH is 2. The number of halogens is 2. The Morgan fingerprint density at radius 3 is 2.53 bits per heavy atom. The van der Waals surface area contributed by atoms with Crippen LogP contribution in [0.5, 0.6) is 0 Å². The predicted molar refractivity (Wildman–Crippen MR) is 64.7 cm³/mol. The van der Waals surface area contributed by atoms with Gasteiger partial charge in [0.05, 0.1) is 11.7 Å². The smallest absolute Gasteiger partial charge is 0.336 e. The van der Waals surface area contributed by atoms with Gasteiger partial charge in [-0.2, -0.15) is 0 Å². The molecule has 17 heavy (non-hydrogen) atoms. The van der Waals surface area contributed by atoms with Gasteiger partial charge < -0.3 is 15.3 Å². The van der Waals surface area contributed by atoms with Crippen LogP contribution in [-0.4, -0.2) is 33.3 Å². The molecule has 0 heterocycles. The number of carbonyl (C=O) groups is 1. The second-order valence-corrected chi connectivity index (χ2v) is 4.28. The first-order chi connectivity index (χ1) is 7.99. The summed E-state index contributed by atoms with van der Waals surface area (Å²) >= 11 is 11.3. The van der Waals surface area contributed by atoms with Gasteiger partial charge in [-0.05, 0) is 18.6 Å². The Labute approximate surface area is 108 Å². The first kappa shape index (κ1) is 14.3. The van der Waals surface area contributed by atoms with Gasteiger partial charge in [-0.25, -0.2) is 4.79 Å². The Hall–Kier alpha value is -0.810. The molecule has 94 valence electrons. The Morgan fingerprint density at radius 2 is 2.00 bits per heavy atom. The third-order valence-electron chi connectivity index (χ3n) is 2.35. The van der Waals surface area contributed by atoms with Crippen molar-refractivity contribution < 1.29 is 20.1 Å². The van der Waals surface area contributed by atoms with Gasteiger partial charge in [0.25, 0.3) is 0 Å². The van der Waals surface area contributed by atoms with Crippen LogP contribution in [0.25, 0.3) is 0 Å². The van der Waals surface area contributed by atoms with E-state index >= 15 is 0 Å². The molecule has 0 spiro atoms. The Bertz CT molecular complexity index is 408. The Balaban J connectivity index is 3.15. The zero-order valence-electron chi connectivity index (χ0n) is 8.81. The fourth-order valence-corrected chi connectivity index (χ4v) is 2.00. The quantitative estimate of drug-likeness (QED) is 0.721. The lowest BCUT2D eigenvalue weighted by molar-refractivity contribution is 0.0161. The van der Waals surface area contributed by atoms with Crippen LogP contribution in [0.1, 0.15) is 28.4 Å². The minimum atomic E-state index is -1.37. The van der Waals surface area contributed by atoms with E-state index in [2.05, 4.69) is 0 Å². The molecule has 1 rings (SSSR count). The third kappa shape index (κ3) is 3.33. The van der Waals surface area contributed by atoms with Crippen molar-refractivity contribution in [2.75, 3.05) is 5.88 Å². The van der Waals surface area contributed by atoms with Crippen molar-refractivity contribution in [3.05, 3.63) is 34.3 Å². The van der Waals surface area contributed by atoms with Crippen molar-refractivity contribution in [2.45, 2.75) is 18.6 Å². The summed E-state index contributed by atoms with van der Waals surface area (Å²) in [5, 5.41) is 28.6. The van der Waals surface area contributed by atoms with E-state index in [1.54, 1.807) is 0 Å². The first-order valence-corrected chi connectivity index (χ1v) is 5.84. The molecule has 0 saturated carbocycles. The van der Waals surface area contributed by atoms with Gasteiger partial charge in [-0.15, -0.1) is 11.6 Å². The fourth-order valence-electron chi connectivity index (χ4n) is 1.49. The molecular formula is C11H12Cl2O4. The maximum atomic E-state index is 11.0. The lowest BCUT2D eigenvalue weighted by Gasteiger charge is -2.20. The molecule has 0 aliphatic carbocycles. The van der Waals surface area contributed by atoms with Gasteiger partial charge in [0, 0.05) is 16.5 Å². The van der Waals surface area contributed by atoms with Gasteiger partial charge in [0.1, 0.15) is 6.10 Å². The summed E-state index contributed by atoms with van der Waals surface area (Å²) in [6, 6.07) is 4.25. The number of hydrogen-bond acceptors (Lipinski definition) is 3. The lowest BCUT2D eigenvalue weighted by atomic mass is 9.97. The maximum absolute atomic E-state index is 11.0. The van der Waals surface area contributed by atoms with Crippen LogP contribution in [-0.2, 0) is 0 Å². The van der Waals surface area contributed by atoms with Crippen LogP contribution < -0.4 is 0 Å². The van der Waals surface area contributed by atoms with Crippen molar-refractivity contribution in [2.24, 2.45) is 0 Å². The number of carboxylic acid groups (broad SMARTS) is 1. The van der Waals surface area contributed by atoms with Crippen LogP contribution in [0, 0.1) is 0 Å². The van der Waals surface area contributed by atoms with Gasteiger partial charge >= 0.3 is 5.97 Å². The van der Waals surface area contributed by atoms with E-state index in [0.717, 1.165) is 0 Å². The summed E-state index contributed by atoms with van der Waals surface area (Å²) < 4.78 is 0. The highest BCUT2D eigenvalue weighted by atomic mass is 35.5. The second-order valence-electron chi connectivity index (χ2n) is 3.50. The number of aliphatic hydroxyl groups is 2. The summed E-state index contributed by atoms with van der Waals surface area (Å²) in [6.07, 6.45) is -2.37. The molecule has 2 atom stereocenters. The number of benzene rings is 1. The Kier molecular flexibility index (Phi) is 5.21. The summed E-state index contributed by atoms with van der Waals surface area (Å²) in [5.41, 5.74) is -0.113. The van der Waals surface area contributed by atoms with E-state index in [1.165, 1.54) is 18.2 Å². The third-order valence-corrected chi connectivity index (χ3v) is 2.90. The topological polar surface area (TPSA) is 77.8 Å². The molecule has 6 heteroatoms. The Morgan fingerprint density at radius 1 is 1.35 bits per heavy atom. The highest BCUT2D eigenvalue weighted by Gasteiger charge is 2.25. The highest BCUT2D eigenvalue weighted by molar-refractivity contribution is 6.31. The molecule has 0 amide bonds. The molecule has 1 aromatic carbocycles. The summed E-state index contributed by atoms with van der Waals surface area (Å²) in [5.74, 6) is -1.05. The number of alkyl halides is 1. The zero-order valence-corrected chi connectivity index (χ0v) is 10.3. The first-order valence-electron chi connectivity index (χ1n) is 4.92. The van der Waals surface area contributed by atoms with Crippen molar-refractivity contribution >= 4 is 29.2 Å². The standard InChI is InChI=1S/C11H12Cl2O4/c12-5-4-8(14)10(15)9-6(11(16)17)2-1-3-7(9)13/h1-3,8,10,14-15H,4-5H2,(H,16,17). The van der Waals surface area contributed by atoms with Crippen molar-refractivity contribution in [3.63, 3.8) is 0 Å². The largest absolute Gasteiger partial charge is 0.478 e. The molecule has 0 aliphatic rings. The molecule has 2 unspecified atom stereocenters. The zero-order chi connectivity index (χ0) is 13.0. The average Bonchev–Trinajstić information content (AvgIpc) is 2.28. The molecule has 0 aromatic heterocycles. The van der Waals surface area contributed by atoms with E-state index in [9.17, 15) is 15.0 Å². The minimum absolute atomic E-state index is 0.0132. The molecular weight excluding hydrogens is 267 g/mol. The molecule has 1 aromatic rings. The van der Waals surface area contributed by atoms with Gasteiger partial charge in [0.2, 0.25) is 0 Å². The number of aromatic carboxylic acids is 1. The van der Waals surface area contributed by atoms with E-state index in [0.29, 0.717) is 0 Å². The van der Waals surface area contributed by atoms with E-state index in [4.69, 9.17) is 28.3 Å². The monoisotopic (exact) mass is 278 g/mol. The second kappa shape index (κ2) is 6.21. The molecule has 4 nitrogen and oxygen atoms in total. The molecule has 0 aliphatic heterocycles. The fraction of sp³-hybridized carbons (Fsp3) is 0.364. The average molecular weight is 279 g/mol. The van der Waals surface area contributed by atoms with Crippen LogP contribution in [0.15, 0.2) is 18.2 Å². The van der Waals surface area contributed by atoms with Crippen LogP contribution in [0.2, 0.25) is 5.02 Å². The van der Waals surface area contributed by atoms with Gasteiger partial charge in [-0.3, -0.25) is 0 Å². The lowest BCUT2D eigenvalue weighted by Crippen LogP contribution is -2.21. The molecule has 0 fully saturated rings. The highest BCUT2D eigenvalue weighted by Crippen LogP contribution is 2.30. The van der Waals surface area contributed by atoms with Crippen LogP contribution >= 0.6 is 23.2 Å². The molecule has 3 N–H and O–H groups in total. The van der Waals surface area contributed by atoms with E-state index in [1.807, 2.05) is 0 Å². The van der Waals surface area contributed by atoms with Crippen molar-refractivity contribution in [3.8, 4) is 0 Å². The number of carboxylic acids is 1. The summed E-state index contributed by atoms with van der Waals surface area (Å²) in [6.45, 7) is 0. The molecule has 0 radical (unpaired) electrons. The van der Waals surface area contributed by atoms with Crippen molar-refractivity contribution in [1.82, 2.24) is 0 Å². The minimum Gasteiger partial charge on any atom is -0.478 e. The van der Waals surface area contributed by atoms with Crippen LogP contribution in [0.3, 0.4) is 0 Å². The summed E-state index contributed by atoms with van der Waals surface area (Å²) in [7, 11) is 0. The van der Waals surface area contributed by atoms with Crippen LogP contribution in [0.4, 0.5) is 0 Å². The molecule has 0 bridgehead atoms. The SMILES string of the molecule is O=C(O)c1cccc(Cl)c1C(O)C(O)CCCl. The van der Waals surface area contributed by atoms with Gasteiger partial charge in [0.15, 0.2) is 0 Å². The van der Waals surface area contributed by atoms with E-state index < -0.39 is 18.2 Å². The van der Waals surface area contributed by atoms with E-state index in [-0.39, 0.29) is 28.5 Å².